The lowest BCUT2D eigenvalue weighted by molar-refractivity contribution is 0.336. The van der Waals surface area contributed by atoms with Gasteiger partial charge in [-0.2, -0.15) is 0 Å². The maximum atomic E-state index is 5.65. The van der Waals surface area contributed by atoms with E-state index in [1.807, 2.05) is 19.1 Å². The van der Waals surface area contributed by atoms with Crippen molar-refractivity contribution < 1.29 is 4.74 Å². The highest BCUT2D eigenvalue weighted by molar-refractivity contribution is 14.0. The molecule has 1 saturated carbocycles. The van der Waals surface area contributed by atoms with Crippen molar-refractivity contribution in [3.8, 4) is 5.75 Å². The summed E-state index contributed by atoms with van der Waals surface area (Å²) < 4.78 is 5.65. The second-order valence-corrected chi connectivity index (χ2v) is 5.52. The summed E-state index contributed by atoms with van der Waals surface area (Å²) in [5.41, 5.74) is 1.22. The maximum absolute atomic E-state index is 5.65. The zero-order valence-electron chi connectivity index (χ0n) is 13.8. The Labute approximate surface area is 151 Å². The predicted molar refractivity (Wildman–Crippen MR) is 103 cm³/mol. The molecule has 4 nitrogen and oxygen atoms in total. The molecule has 1 aliphatic carbocycles. The summed E-state index contributed by atoms with van der Waals surface area (Å²) in [6, 6.07) is 8.80. The average Bonchev–Trinajstić information content (AvgIpc) is 3.16. The van der Waals surface area contributed by atoms with Crippen LogP contribution in [0.3, 0.4) is 0 Å². The minimum absolute atomic E-state index is 0. The molecule has 2 atom stereocenters. The number of rotatable bonds is 7. The van der Waals surface area contributed by atoms with E-state index in [1.165, 1.54) is 12.0 Å². The summed E-state index contributed by atoms with van der Waals surface area (Å²) in [6.07, 6.45) is 2.14. The first-order valence-corrected chi connectivity index (χ1v) is 8.00. The first-order chi connectivity index (χ1) is 10.2. The van der Waals surface area contributed by atoms with Gasteiger partial charge in [0.2, 0.25) is 0 Å². The van der Waals surface area contributed by atoms with Crippen LogP contribution in [0, 0.1) is 5.92 Å². The van der Waals surface area contributed by atoms with E-state index in [1.54, 1.807) is 0 Å². The fourth-order valence-electron chi connectivity index (χ4n) is 2.31. The minimum atomic E-state index is 0. The topological polar surface area (TPSA) is 45.7 Å². The molecule has 2 N–H and O–H groups in total. The molecule has 1 fully saturated rings. The van der Waals surface area contributed by atoms with E-state index in [0.717, 1.165) is 37.1 Å². The van der Waals surface area contributed by atoms with Gasteiger partial charge < -0.3 is 15.4 Å². The standard InChI is InChI=1S/C17H27N3O.HI/c1-4-18-17(20-15-12-13(15)3)19-11-10-14-8-6-7-9-16(14)21-5-2;/h6-9,13,15H,4-5,10-12H2,1-3H3,(H2,18,19,20);1H. The zero-order valence-corrected chi connectivity index (χ0v) is 16.1. The molecule has 2 rings (SSSR count). The van der Waals surface area contributed by atoms with Crippen LogP contribution in [0.4, 0.5) is 0 Å². The second kappa shape index (κ2) is 9.92. The molecule has 0 aromatic heterocycles. The van der Waals surface area contributed by atoms with Gasteiger partial charge in [-0.25, -0.2) is 0 Å². The first-order valence-electron chi connectivity index (χ1n) is 8.00. The van der Waals surface area contributed by atoms with Crippen LogP contribution in [0.1, 0.15) is 32.8 Å². The highest BCUT2D eigenvalue weighted by atomic mass is 127. The summed E-state index contributed by atoms with van der Waals surface area (Å²) in [4.78, 5) is 4.66. The van der Waals surface area contributed by atoms with E-state index in [9.17, 15) is 0 Å². The predicted octanol–water partition coefficient (Wildman–Crippen LogP) is 3.21. The number of ether oxygens (including phenoxy) is 1. The van der Waals surface area contributed by atoms with E-state index in [4.69, 9.17) is 4.74 Å². The smallest absolute Gasteiger partial charge is 0.191 e. The number of hydrogen-bond acceptors (Lipinski definition) is 2. The molecule has 0 spiro atoms. The van der Waals surface area contributed by atoms with Crippen molar-refractivity contribution in [1.29, 1.82) is 0 Å². The Kier molecular flexibility index (Phi) is 8.60. The number of hydrogen-bond donors (Lipinski definition) is 2. The molecule has 1 aromatic rings. The summed E-state index contributed by atoms with van der Waals surface area (Å²) in [5.74, 6) is 2.68. The summed E-state index contributed by atoms with van der Waals surface area (Å²) in [5, 5.41) is 6.78. The molecule has 5 heteroatoms. The third-order valence-corrected chi connectivity index (χ3v) is 3.70. The van der Waals surface area contributed by atoms with Gasteiger partial charge in [0.25, 0.3) is 0 Å². The van der Waals surface area contributed by atoms with Gasteiger partial charge >= 0.3 is 0 Å². The molecule has 1 aliphatic rings. The molecule has 22 heavy (non-hydrogen) atoms. The second-order valence-electron chi connectivity index (χ2n) is 5.52. The summed E-state index contributed by atoms with van der Waals surface area (Å²) in [7, 11) is 0. The van der Waals surface area contributed by atoms with Gasteiger partial charge in [0, 0.05) is 19.1 Å². The van der Waals surface area contributed by atoms with Crippen LogP contribution in [0.2, 0.25) is 0 Å². The van der Waals surface area contributed by atoms with Crippen LogP contribution in [0.25, 0.3) is 0 Å². The molecule has 0 aliphatic heterocycles. The molecule has 0 bridgehead atoms. The molecule has 0 radical (unpaired) electrons. The van der Waals surface area contributed by atoms with Crippen LogP contribution in [-0.2, 0) is 6.42 Å². The lowest BCUT2D eigenvalue weighted by Crippen LogP contribution is -2.39. The van der Waals surface area contributed by atoms with Crippen molar-refractivity contribution in [3.63, 3.8) is 0 Å². The highest BCUT2D eigenvalue weighted by Gasteiger charge is 2.33. The van der Waals surface area contributed by atoms with Crippen LogP contribution in [-0.4, -0.2) is 31.7 Å². The Bertz CT molecular complexity index is 479. The van der Waals surface area contributed by atoms with Crippen molar-refractivity contribution in [1.82, 2.24) is 10.6 Å². The van der Waals surface area contributed by atoms with E-state index >= 15 is 0 Å². The van der Waals surface area contributed by atoms with Gasteiger partial charge in [-0.3, -0.25) is 4.99 Å². The van der Waals surface area contributed by atoms with E-state index in [2.05, 4.69) is 41.6 Å². The number of halogens is 1. The lowest BCUT2D eigenvalue weighted by Gasteiger charge is -2.12. The highest BCUT2D eigenvalue weighted by Crippen LogP contribution is 2.28. The van der Waals surface area contributed by atoms with Gasteiger partial charge in [-0.1, -0.05) is 25.1 Å². The normalized spacial score (nSPS) is 20.0. The Balaban J connectivity index is 0.00000242. The van der Waals surface area contributed by atoms with Gasteiger partial charge in [0.15, 0.2) is 5.96 Å². The first kappa shape index (κ1) is 19.1. The summed E-state index contributed by atoms with van der Waals surface area (Å²) in [6.45, 7) is 8.73. The molecule has 0 saturated heterocycles. The number of benzene rings is 1. The Morgan fingerprint density at radius 2 is 2.05 bits per heavy atom. The van der Waals surface area contributed by atoms with Crippen molar-refractivity contribution in [3.05, 3.63) is 29.8 Å². The number of nitrogens with zero attached hydrogens (tertiary/aromatic N) is 1. The number of guanidine groups is 1. The largest absolute Gasteiger partial charge is 0.494 e. The number of nitrogens with one attached hydrogen (secondary N) is 2. The average molecular weight is 417 g/mol. The zero-order chi connectivity index (χ0) is 15.1. The van der Waals surface area contributed by atoms with Crippen LogP contribution < -0.4 is 15.4 Å². The monoisotopic (exact) mass is 417 g/mol. The minimum Gasteiger partial charge on any atom is -0.494 e. The lowest BCUT2D eigenvalue weighted by atomic mass is 10.1. The maximum Gasteiger partial charge on any atom is 0.191 e. The molecular formula is C17H28IN3O. The third kappa shape index (κ3) is 6.02. The van der Waals surface area contributed by atoms with Crippen molar-refractivity contribution in [2.75, 3.05) is 19.7 Å². The van der Waals surface area contributed by atoms with Crippen molar-refractivity contribution in [2.24, 2.45) is 10.9 Å². The molecule has 0 amide bonds. The molecule has 2 unspecified atom stereocenters. The van der Waals surface area contributed by atoms with Crippen molar-refractivity contribution in [2.45, 2.75) is 39.7 Å². The van der Waals surface area contributed by atoms with Crippen molar-refractivity contribution >= 4 is 29.9 Å². The van der Waals surface area contributed by atoms with E-state index < -0.39 is 0 Å². The Hall–Kier alpha value is -0.980. The molecule has 124 valence electrons. The molecular weight excluding hydrogens is 389 g/mol. The van der Waals surface area contributed by atoms with E-state index in [0.29, 0.717) is 12.6 Å². The van der Waals surface area contributed by atoms with Gasteiger partial charge in [0.05, 0.1) is 6.61 Å². The number of para-hydroxylation sites is 1. The van der Waals surface area contributed by atoms with Gasteiger partial charge in [-0.15, -0.1) is 24.0 Å². The van der Waals surface area contributed by atoms with E-state index in [-0.39, 0.29) is 24.0 Å². The van der Waals surface area contributed by atoms with Gasteiger partial charge in [-0.05, 0) is 44.2 Å². The van der Waals surface area contributed by atoms with Crippen LogP contribution in [0.5, 0.6) is 5.75 Å². The Morgan fingerprint density at radius 1 is 1.32 bits per heavy atom. The van der Waals surface area contributed by atoms with Crippen LogP contribution >= 0.6 is 24.0 Å². The fraction of sp³-hybridized carbons (Fsp3) is 0.588. The van der Waals surface area contributed by atoms with Gasteiger partial charge in [0.1, 0.15) is 5.75 Å². The quantitative estimate of drug-likeness (QED) is 0.407. The van der Waals surface area contributed by atoms with Crippen LogP contribution in [0.15, 0.2) is 29.3 Å². The SMILES string of the molecule is CCNC(=NCCc1ccccc1OCC)NC1CC1C.I. The molecule has 1 aromatic carbocycles. The summed E-state index contributed by atoms with van der Waals surface area (Å²) >= 11 is 0. The Morgan fingerprint density at radius 3 is 2.68 bits per heavy atom. The number of aliphatic imine (C=N–C) groups is 1. The third-order valence-electron chi connectivity index (χ3n) is 3.70. The fourth-order valence-corrected chi connectivity index (χ4v) is 2.31. The molecule has 0 heterocycles.